The lowest BCUT2D eigenvalue weighted by Gasteiger charge is -2.00. The lowest BCUT2D eigenvalue weighted by molar-refractivity contribution is -0.116. The molecule has 1 heterocycles. The molecule has 0 atom stereocenters. The number of benzene rings is 1. The number of nitrogens with one attached hydrogen (secondary N) is 1. The molecule has 1 aromatic heterocycles. The summed E-state index contributed by atoms with van der Waals surface area (Å²) < 4.78 is 0. The van der Waals surface area contributed by atoms with Gasteiger partial charge in [0, 0.05) is 12.0 Å². The summed E-state index contributed by atoms with van der Waals surface area (Å²) in [5, 5.41) is 12.4. The molecule has 0 saturated carbocycles. The molecular weight excluding hydrogens is 258 g/mol. The topological polar surface area (TPSA) is 54.9 Å². The Labute approximate surface area is 116 Å². The number of aromatic nitrogens is 2. The minimum Gasteiger partial charge on any atom is -0.301 e. The molecule has 19 heavy (non-hydrogen) atoms. The third kappa shape index (κ3) is 3.61. The van der Waals surface area contributed by atoms with Gasteiger partial charge in [0.25, 0.3) is 0 Å². The standard InChI is InChI=1S/C14H17N3OS/c1-3-4-9-12(18)15-14-17-16-13(19-14)11-8-6-5-7-10(11)2/h5-8H,3-4,9H2,1-2H3,(H,15,17,18). The van der Waals surface area contributed by atoms with E-state index in [4.69, 9.17) is 0 Å². The molecule has 100 valence electrons. The van der Waals surface area contributed by atoms with Crippen LogP contribution in [0.1, 0.15) is 31.7 Å². The Morgan fingerprint density at radius 1 is 1.32 bits per heavy atom. The first-order chi connectivity index (χ1) is 9.20. The fourth-order valence-corrected chi connectivity index (χ4v) is 2.56. The molecule has 2 rings (SSSR count). The highest BCUT2D eigenvalue weighted by Crippen LogP contribution is 2.28. The first kappa shape index (κ1) is 13.7. The van der Waals surface area contributed by atoms with E-state index in [1.165, 1.54) is 11.3 Å². The predicted molar refractivity (Wildman–Crippen MR) is 78.2 cm³/mol. The second kappa shape index (κ2) is 6.43. The first-order valence-electron chi connectivity index (χ1n) is 6.40. The molecule has 0 spiro atoms. The van der Waals surface area contributed by atoms with Crippen LogP contribution in [-0.4, -0.2) is 16.1 Å². The molecule has 0 aliphatic heterocycles. The minimum atomic E-state index is 0.00864. The largest absolute Gasteiger partial charge is 0.301 e. The molecule has 0 bridgehead atoms. The van der Waals surface area contributed by atoms with E-state index in [1.54, 1.807) is 0 Å². The van der Waals surface area contributed by atoms with Crippen molar-refractivity contribution >= 4 is 22.4 Å². The maximum atomic E-state index is 11.6. The third-order valence-electron chi connectivity index (χ3n) is 2.80. The average Bonchev–Trinajstić information content (AvgIpc) is 2.85. The van der Waals surface area contributed by atoms with Gasteiger partial charge in [-0.15, -0.1) is 10.2 Å². The minimum absolute atomic E-state index is 0.00864. The van der Waals surface area contributed by atoms with Crippen molar-refractivity contribution in [1.82, 2.24) is 10.2 Å². The van der Waals surface area contributed by atoms with Crippen LogP contribution in [0.3, 0.4) is 0 Å². The second-order valence-electron chi connectivity index (χ2n) is 4.38. The van der Waals surface area contributed by atoms with Gasteiger partial charge in [0.1, 0.15) is 5.01 Å². The summed E-state index contributed by atoms with van der Waals surface area (Å²) in [6, 6.07) is 8.02. The molecule has 4 nitrogen and oxygen atoms in total. The van der Waals surface area contributed by atoms with E-state index in [1.807, 2.05) is 31.2 Å². The molecule has 5 heteroatoms. The SMILES string of the molecule is CCCCC(=O)Nc1nnc(-c2ccccc2C)s1. The van der Waals surface area contributed by atoms with Gasteiger partial charge >= 0.3 is 0 Å². The lowest BCUT2D eigenvalue weighted by atomic mass is 10.1. The number of hydrogen-bond donors (Lipinski definition) is 1. The van der Waals surface area contributed by atoms with E-state index in [-0.39, 0.29) is 5.91 Å². The zero-order chi connectivity index (χ0) is 13.7. The van der Waals surface area contributed by atoms with Gasteiger partial charge in [0.2, 0.25) is 11.0 Å². The Morgan fingerprint density at radius 2 is 2.11 bits per heavy atom. The van der Waals surface area contributed by atoms with Crippen molar-refractivity contribution in [2.75, 3.05) is 5.32 Å². The summed E-state index contributed by atoms with van der Waals surface area (Å²) in [7, 11) is 0. The van der Waals surface area contributed by atoms with Crippen LogP contribution in [-0.2, 0) is 4.79 Å². The molecule has 1 amide bonds. The average molecular weight is 275 g/mol. The molecule has 1 aromatic carbocycles. The maximum Gasteiger partial charge on any atom is 0.226 e. The summed E-state index contributed by atoms with van der Waals surface area (Å²) in [4.78, 5) is 11.6. The number of rotatable bonds is 5. The third-order valence-corrected chi connectivity index (χ3v) is 3.68. The highest BCUT2D eigenvalue weighted by Gasteiger charge is 2.10. The van der Waals surface area contributed by atoms with Crippen LogP contribution < -0.4 is 5.32 Å². The predicted octanol–water partition coefficient (Wildman–Crippen LogP) is 3.64. The smallest absolute Gasteiger partial charge is 0.226 e. The zero-order valence-corrected chi connectivity index (χ0v) is 12.0. The van der Waals surface area contributed by atoms with Gasteiger partial charge in [-0.05, 0) is 18.9 Å². The van der Waals surface area contributed by atoms with Crippen molar-refractivity contribution in [2.24, 2.45) is 0 Å². The van der Waals surface area contributed by atoms with Crippen LogP contribution in [0.15, 0.2) is 24.3 Å². The quantitative estimate of drug-likeness (QED) is 0.906. The number of carbonyl (C=O) groups is 1. The molecule has 0 aliphatic rings. The summed E-state index contributed by atoms with van der Waals surface area (Å²) in [6.07, 6.45) is 2.45. The van der Waals surface area contributed by atoms with E-state index in [0.29, 0.717) is 11.6 Å². The molecule has 0 aliphatic carbocycles. The number of hydrogen-bond acceptors (Lipinski definition) is 4. The van der Waals surface area contributed by atoms with Crippen molar-refractivity contribution in [3.05, 3.63) is 29.8 Å². The van der Waals surface area contributed by atoms with E-state index >= 15 is 0 Å². The van der Waals surface area contributed by atoms with Crippen molar-refractivity contribution in [1.29, 1.82) is 0 Å². The number of carbonyl (C=O) groups excluding carboxylic acids is 1. The van der Waals surface area contributed by atoms with E-state index in [9.17, 15) is 4.79 Å². The molecular formula is C14H17N3OS. The van der Waals surface area contributed by atoms with Crippen LogP contribution in [0.25, 0.3) is 10.6 Å². The van der Waals surface area contributed by atoms with Crippen LogP contribution in [0.2, 0.25) is 0 Å². The first-order valence-corrected chi connectivity index (χ1v) is 7.21. The zero-order valence-electron chi connectivity index (χ0n) is 11.1. The summed E-state index contributed by atoms with van der Waals surface area (Å²) in [5.74, 6) is 0.00864. The molecule has 0 unspecified atom stereocenters. The highest BCUT2D eigenvalue weighted by molar-refractivity contribution is 7.18. The molecule has 2 aromatic rings. The van der Waals surface area contributed by atoms with Gasteiger partial charge in [-0.2, -0.15) is 0 Å². The van der Waals surface area contributed by atoms with Gasteiger partial charge in [0.15, 0.2) is 0 Å². The number of amides is 1. The lowest BCUT2D eigenvalue weighted by Crippen LogP contribution is -2.10. The molecule has 0 fully saturated rings. The normalized spacial score (nSPS) is 10.4. The number of aryl methyl sites for hydroxylation is 1. The Morgan fingerprint density at radius 3 is 2.84 bits per heavy atom. The molecule has 0 radical (unpaired) electrons. The fraction of sp³-hybridized carbons (Fsp3) is 0.357. The van der Waals surface area contributed by atoms with Gasteiger partial charge in [-0.25, -0.2) is 0 Å². The van der Waals surface area contributed by atoms with Gasteiger partial charge in [0.05, 0.1) is 0 Å². The number of nitrogens with zero attached hydrogens (tertiary/aromatic N) is 2. The van der Waals surface area contributed by atoms with Crippen molar-refractivity contribution in [2.45, 2.75) is 33.1 Å². The number of anilines is 1. The molecule has 1 N–H and O–H groups in total. The summed E-state index contributed by atoms with van der Waals surface area (Å²) >= 11 is 1.41. The van der Waals surface area contributed by atoms with Crippen molar-refractivity contribution in [3.63, 3.8) is 0 Å². The monoisotopic (exact) mass is 275 g/mol. The number of unbranched alkanes of at least 4 members (excludes halogenated alkanes) is 1. The van der Waals surface area contributed by atoms with Crippen LogP contribution in [0.4, 0.5) is 5.13 Å². The van der Waals surface area contributed by atoms with Crippen LogP contribution in [0.5, 0.6) is 0 Å². The summed E-state index contributed by atoms with van der Waals surface area (Å²) in [5.41, 5.74) is 2.22. The van der Waals surface area contributed by atoms with Crippen molar-refractivity contribution < 1.29 is 4.79 Å². The Kier molecular flexibility index (Phi) is 4.63. The Bertz CT molecular complexity index is 565. The summed E-state index contributed by atoms with van der Waals surface area (Å²) in [6.45, 7) is 4.10. The van der Waals surface area contributed by atoms with E-state index in [2.05, 4.69) is 22.4 Å². The Hall–Kier alpha value is -1.75. The van der Waals surface area contributed by atoms with Gasteiger partial charge in [-0.3, -0.25) is 4.79 Å². The molecule has 0 saturated heterocycles. The van der Waals surface area contributed by atoms with Gasteiger partial charge < -0.3 is 5.32 Å². The van der Waals surface area contributed by atoms with Gasteiger partial charge in [-0.1, -0.05) is 48.9 Å². The van der Waals surface area contributed by atoms with Crippen LogP contribution in [0, 0.1) is 6.92 Å². The fourth-order valence-electron chi connectivity index (χ4n) is 1.71. The van der Waals surface area contributed by atoms with Crippen molar-refractivity contribution in [3.8, 4) is 10.6 Å². The Balaban J connectivity index is 2.07. The van der Waals surface area contributed by atoms with Crippen LogP contribution >= 0.6 is 11.3 Å². The highest BCUT2D eigenvalue weighted by atomic mass is 32.1. The van der Waals surface area contributed by atoms with E-state index in [0.717, 1.165) is 29.0 Å². The second-order valence-corrected chi connectivity index (χ2v) is 5.36. The maximum absolute atomic E-state index is 11.6. The van der Waals surface area contributed by atoms with E-state index < -0.39 is 0 Å².